The molecule has 0 aliphatic heterocycles. The van der Waals surface area contributed by atoms with Gasteiger partial charge in [0.05, 0.1) is 6.42 Å². The molecule has 1 heterocycles. The second-order valence-electron chi connectivity index (χ2n) is 4.16. The van der Waals surface area contributed by atoms with Crippen LogP contribution < -0.4 is 0 Å². The van der Waals surface area contributed by atoms with E-state index in [1.165, 1.54) is 6.07 Å². The van der Waals surface area contributed by atoms with Gasteiger partial charge in [-0.1, -0.05) is 11.6 Å². The van der Waals surface area contributed by atoms with Crippen molar-refractivity contribution < 1.29 is 9.59 Å². The zero-order chi connectivity index (χ0) is 11.7. The standard InChI is InChI=1S/C12H12ClNO2/c1-7-6-14-12(13)4-9(7)11(16)5-10(15)8-2-3-8/h4,6,8H,2-3,5H2,1H3. The highest BCUT2D eigenvalue weighted by atomic mass is 35.5. The summed E-state index contributed by atoms with van der Waals surface area (Å²) in [6.45, 7) is 1.79. The highest BCUT2D eigenvalue weighted by Crippen LogP contribution is 2.31. The quantitative estimate of drug-likeness (QED) is 0.459. The molecular formula is C12H12ClNO2. The summed E-state index contributed by atoms with van der Waals surface area (Å²) in [5.74, 6) is 0.0256. The lowest BCUT2D eigenvalue weighted by Crippen LogP contribution is -2.11. The van der Waals surface area contributed by atoms with Gasteiger partial charge in [-0.05, 0) is 31.4 Å². The molecule has 0 unspecified atom stereocenters. The first-order valence-corrected chi connectivity index (χ1v) is 5.64. The number of ketones is 2. The van der Waals surface area contributed by atoms with Crippen molar-refractivity contribution in [2.24, 2.45) is 5.92 Å². The van der Waals surface area contributed by atoms with Gasteiger partial charge in [0.15, 0.2) is 5.78 Å². The summed E-state index contributed by atoms with van der Waals surface area (Å²) >= 11 is 5.72. The first kappa shape index (κ1) is 11.3. The third kappa shape index (κ3) is 2.47. The Balaban J connectivity index is 2.13. The van der Waals surface area contributed by atoms with Gasteiger partial charge in [-0.2, -0.15) is 0 Å². The molecule has 0 bridgehead atoms. The molecular weight excluding hydrogens is 226 g/mol. The Bertz CT molecular complexity index is 452. The fourth-order valence-electron chi connectivity index (χ4n) is 1.60. The molecule has 1 aromatic heterocycles. The van der Waals surface area contributed by atoms with Gasteiger partial charge in [-0.25, -0.2) is 4.98 Å². The number of carbonyl (C=O) groups is 2. The summed E-state index contributed by atoms with van der Waals surface area (Å²) in [6.07, 6.45) is 3.41. The molecule has 0 amide bonds. The summed E-state index contributed by atoms with van der Waals surface area (Å²) in [5.41, 5.74) is 1.27. The fraction of sp³-hybridized carbons (Fsp3) is 0.417. The predicted molar refractivity (Wildman–Crippen MR) is 60.7 cm³/mol. The van der Waals surface area contributed by atoms with Crippen LogP contribution in [-0.2, 0) is 4.79 Å². The average Bonchev–Trinajstić information content (AvgIpc) is 3.04. The number of hydrogen-bond acceptors (Lipinski definition) is 3. The largest absolute Gasteiger partial charge is 0.299 e. The van der Waals surface area contributed by atoms with Crippen LogP contribution in [0.1, 0.15) is 35.2 Å². The van der Waals surface area contributed by atoms with Crippen molar-refractivity contribution in [1.29, 1.82) is 0 Å². The Kier molecular flexibility index (Phi) is 3.06. The first-order chi connectivity index (χ1) is 7.58. The van der Waals surface area contributed by atoms with E-state index in [0.717, 1.165) is 18.4 Å². The molecule has 1 aromatic rings. The maximum absolute atomic E-state index is 11.9. The van der Waals surface area contributed by atoms with E-state index < -0.39 is 0 Å². The Morgan fingerprint density at radius 3 is 2.81 bits per heavy atom. The number of nitrogens with zero attached hydrogens (tertiary/aromatic N) is 1. The minimum absolute atomic E-state index is 0.00809. The van der Waals surface area contributed by atoms with E-state index in [4.69, 9.17) is 11.6 Å². The van der Waals surface area contributed by atoms with Gasteiger partial charge in [-0.15, -0.1) is 0 Å². The average molecular weight is 238 g/mol. The lowest BCUT2D eigenvalue weighted by Gasteiger charge is -2.04. The zero-order valence-electron chi connectivity index (χ0n) is 9.00. The van der Waals surface area contributed by atoms with Crippen molar-refractivity contribution in [3.8, 4) is 0 Å². The molecule has 0 aromatic carbocycles. The summed E-state index contributed by atoms with van der Waals surface area (Å²) in [6, 6.07) is 1.53. The minimum Gasteiger partial charge on any atom is -0.299 e. The van der Waals surface area contributed by atoms with Crippen LogP contribution in [0.2, 0.25) is 5.15 Å². The normalized spacial score (nSPS) is 14.9. The zero-order valence-corrected chi connectivity index (χ0v) is 9.75. The van der Waals surface area contributed by atoms with Gasteiger partial charge in [0.25, 0.3) is 0 Å². The number of carbonyl (C=O) groups excluding carboxylic acids is 2. The van der Waals surface area contributed by atoms with Crippen LogP contribution in [-0.4, -0.2) is 16.6 Å². The SMILES string of the molecule is Cc1cnc(Cl)cc1C(=O)CC(=O)C1CC1. The van der Waals surface area contributed by atoms with E-state index >= 15 is 0 Å². The molecule has 0 saturated heterocycles. The summed E-state index contributed by atoms with van der Waals surface area (Å²) in [5, 5.41) is 0.285. The van der Waals surface area contributed by atoms with Crippen molar-refractivity contribution in [2.75, 3.05) is 0 Å². The lowest BCUT2D eigenvalue weighted by atomic mass is 10.0. The van der Waals surface area contributed by atoms with Gasteiger partial charge in [0.1, 0.15) is 10.9 Å². The van der Waals surface area contributed by atoms with E-state index in [1.807, 2.05) is 0 Å². The van der Waals surface area contributed by atoms with Gasteiger partial charge in [-0.3, -0.25) is 9.59 Å². The third-order valence-corrected chi connectivity index (χ3v) is 2.94. The number of halogens is 1. The molecule has 84 valence electrons. The van der Waals surface area contributed by atoms with Crippen molar-refractivity contribution in [2.45, 2.75) is 26.2 Å². The monoisotopic (exact) mass is 237 g/mol. The Morgan fingerprint density at radius 2 is 2.19 bits per heavy atom. The van der Waals surface area contributed by atoms with Crippen molar-refractivity contribution in [3.63, 3.8) is 0 Å². The van der Waals surface area contributed by atoms with Gasteiger partial charge in [0, 0.05) is 17.7 Å². The number of rotatable bonds is 4. The van der Waals surface area contributed by atoms with Gasteiger partial charge >= 0.3 is 0 Å². The van der Waals surface area contributed by atoms with Crippen molar-refractivity contribution in [1.82, 2.24) is 4.98 Å². The summed E-state index contributed by atoms with van der Waals surface area (Å²) in [4.78, 5) is 27.2. The number of Topliss-reactive ketones (excluding diaryl/α,β-unsaturated/α-hetero) is 2. The summed E-state index contributed by atoms with van der Waals surface area (Å²) < 4.78 is 0. The van der Waals surface area contributed by atoms with Gasteiger partial charge in [0.2, 0.25) is 0 Å². The molecule has 0 atom stereocenters. The second-order valence-corrected chi connectivity index (χ2v) is 4.55. The Morgan fingerprint density at radius 1 is 1.50 bits per heavy atom. The molecule has 2 rings (SSSR count). The third-order valence-electron chi connectivity index (χ3n) is 2.74. The molecule has 4 heteroatoms. The number of hydrogen-bond donors (Lipinski definition) is 0. The fourth-order valence-corrected chi connectivity index (χ4v) is 1.76. The molecule has 1 saturated carbocycles. The molecule has 3 nitrogen and oxygen atoms in total. The second kappa shape index (κ2) is 4.34. The molecule has 16 heavy (non-hydrogen) atoms. The Hall–Kier alpha value is -1.22. The Labute approximate surface area is 98.8 Å². The molecule has 1 aliphatic carbocycles. The van der Waals surface area contributed by atoms with Crippen LogP contribution in [0.4, 0.5) is 0 Å². The predicted octanol–water partition coefficient (Wildman–Crippen LogP) is 2.60. The van der Waals surface area contributed by atoms with Crippen LogP contribution in [0.15, 0.2) is 12.3 Å². The van der Waals surface area contributed by atoms with Gasteiger partial charge < -0.3 is 0 Å². The van der Waals surface area contributed by atoms with E-state index in [0.29, 0.717) is 5.56 Å². The molecule has 1 aliphatic rings. The highest BCUT2D eigenvalue weighted by Gasteiger charge is 2.31. The molecule has 0 spiro atoms. The number of pyridine rings is 1. The van der Waals surface area contributed by atoms with Crippen LogP contribution in [0.5, 0.6) is 0 Å². The maximum atomic E-state index is 11.9. The topological polar surface area (TPSA) is 47.0 Å². The lowest BCUT2D eigenvalue weighted by molar-refractivity contribution is -0.119. The van der Waals surface area contributed by atoms with E-state index in [9.17, 15) is 9.59 Å². The van der Waals surface area contributed by atoms with Crippen molar-refractivity contribution in [3.05, 3.63) is 28.5 Å². The maximum Gasteiger partial charge on any atom is 0.170 e. The minimum atomic E-state index is -0.154. The molecule has 0 radical (unpaired) electrons. The highest BCUT2D eigenvalue weighted by molar-refractivity contribution is 6.29. The van der Waals surface area contributed by atoms with Crippen LogP contribution in [0.3, 0.4) is 0 Å². The van der Waals surface area contributed by atoms with Crippen molar-refractivity contribution >= 4 is 23.2 Å². The van der Waals surface area contributed by atoms with E-state index in [2.05, 4.69) is 4.98 Å². The molecule has 0 N–H and O–H groups in total. The smallest absolute Gasteiger partial charge is 0.170 e. The first-order valence-electron chi connectivity index (χ1n) is 5.26. The van der Waals surface area contributed by atoms with Crippen LogP contribution in [0, 0.1) is 12.8 Å². The number of aromatic nitrogens is 1. The number of aryl methyl sites for hydroxylation is 1. The van der Waals surface area contributed by atoms with E-state index in [1.54, 1.807) is 13.1 Å². The van der Waals surface area contributed by atoms with Crippen LogP contribution >= 0.6 is 11.6 Å². The molecule has 1 fully saturated rings. The summed E-state index contributed by atoms with van der Waals surface area (Å²) in [7, 11) is 0. The van der Waals surface area contributed by atoms with Crippen LogP contribution in [0.25, 0.3) is 0 Å². The van der Waals surface area contributed by atoms with E-state index in [-0.39, 0.29) is 29.1 Å².